The molecule has 0 aromatic rings. The number of halogens is 3. The Bertz CT molecular complexity index is 379. The molecular formula is C13H21F3N2O3. The van der Waals surface area contributed by atoms with Gasteiger partial charge in [0, 0.05) is 6.42 Å². The standard InChI is InChI=1S/C13H21F3N2O3/c14-13(15,16)9-18(7-11(20)21)10(19)6-12(8-17)4-2-1-3-5-12/h1-9,17H2,(H,20,21). The van der Waals surface area contributed by atoms with E-state index in [1.807, 2.05) is 0 Å². The second-order valence-corrected chi connectivity index (χ2v) is 5.70. The summed E-state index contributed by atoms with van der Waals surface area (Å²) >= 11 is 0. The van der Waals surface area contributed by atoms with E-state index in [-0.39, 0.29) is 13.0 Å². The number of nitrogens with zero attached hydrogens (tertiary/aromatic N) is 1. The Morgan fingerprint density at radius 2 is 1.76 bits per heavy atom. The first-order valence-electron chi connectivity index (χ1n) is 6.94. The van der Waals surface area contributed by atoms with Gasteiger partial charge in [-0.2, -0.15) is 13.2 Å². The van der Waals surface area contributed by atoms with Crippen molar-refractivity contribution in [2.24, 2.45) is 11.1 Å². The molecule has 0 aromatic carbocycles. The van der Waals surface area contributed by atoms with Gasteiger partial charge in [-0.1, -0.05) is 19.3 Å². The van der Waals surface area contributed by atoms with Gasteiger partial charge in [-0.15, -0.1) is 0 Å². The summed E-state index contributed by atoms with van der Waals surface area (Å²) in [6.45, 7) is -2.26. The summed E-state index contributed by atoms with van der Waals surface area (Å²) in [4.78, 5) is 23.1. The van der Waals surface area contributed by atoms with E-state index >= 15 is 0 Å². The van der Waals surface area contributed by atoms with Crippen molar-refractivity contribution < 1.29 is 27.9 Å². The van der Waals surface area contributed by atoms with Crippen molar-refractivity contribution in [2.75, 3.05) is 19.6 Å². The average Bonchev–Trinajstić information content (AvgIpc) is 2.37. The van der Waals surface area contributed by atoms with E-state index in [0.29, 0.717) is 17.7 Å². The zero-order valence-electron chi connectivity index (χ0n) is 11.8. The Labute approximate surface area is 121 Å². The molecule has 0 unspecified atom stereocenters. The molecule has 8 heteroatoms. The first kappa shape index (κ1) is 17.7. The Morgan fingerprint density at radius 3 is 2.19 bits per heavy atom. The third-order valence-electron chi connectivity index (χ3n) is 3.92. The molecule has 5 nitrogen and oxygen atoms in total. The summed E-state index contributed by atoms with van der Waals surface area (Å²) in [5, 5.41) is 8.67. The van der Waals surface area contributed by atoms with Crippen LogP contribution in [0.15, 0.2) is 0 Å². The number of carboxylic acids is 1. The number of hydrogen-bond acceptors (Lipinski definition) is 3. The summed E-state index contributed by atoms with van der Waals surface area (Å²) in [5.74, 6) is -2.25. The van der Waals surface area contributed by atoms with Gasteiger partial charge in [0.2, 0.25) is 5.91 Å². The van der Waals surface area contributed by atoms with Crippen molar-refractivity contribution >= 4 is 11.9 Å². The SMILES string of the molecule is NCC1(CC(=O)N(CC(=O)O)CC(F)(F)F)CCCCC1. The zero-order chi connectivity index (χ0) is 16.1. The van der Waals surface area contributed by atoms with E-state index in [4.69, 9.17) is 10.8 Å². The first-order valence-corrected chi connectivity index (χ1v) is 6.94. The quantitative estimate of drug-likeness (QED) is 0.783. The van der Waals surface area contributed by atoms with Crippen molar-refractivity contribution in [2.45, 2.75) is 44.7 Å². The van der Waals surface area contributed by atoms with Gasteiger partial charge in [-0.3, -0.25) is 9.59 Å². The lowest BCUT2D eigenvalue weighted by Gasteiger charge is -2.37. The van der Waals surface area contributed by atoms with E-state index in [9.17, 15) is 22.8 Å². The minimum Gasteiger partial charge on any atom is -0.480 e. The van der Waals surface area contributed by atoms with Crippen LogP contribution in [0.2, 0.25) is 0 Å². The highest BCUT2D eigenvalue weighted by molar-refractivity contribution is 5.81. The van der Waals surface area contributed by atoms with Gasteiger partial charge in [0.05, 0.1) is 0 Å². The molecular weight excluding hydrogens is 289 g/mol. The van der Waals surface area contributed by atoms with Crippen LogP contribution in [0.5, 0.6) is 0 Å². The van der Waals surface area contributed by atoms with Crippen LogP contribution in [-0.4, -0.2) is 47.7 Å². The second kappa shape index (κ2) is 7.11. The lowest BCUT2D eigenvalue weighted by atomic mass is 9.71. The normalized spacial score (nSPS) is 18.3. The summed E-state index contributed by atoms with van der Waals surface area (Å²) in [6, 6.07) is 0. The molecule has 0 radical (unpaired) electrons. The van der Waals surface area contributed by atoms with Crippen LogP contribution >= 0.6 is 0 Å². The third kappa shape index (κ3) is 5.91. The molecule has 3 N–H and O–H groups in total. The number of nitrogens with two attached hydrogens (primary N) is 1. The highest BCUT2D eigenvalue weighted by Gasteiger charge is 2.38. The third-order valence-corrected chi connectivity index (χ3v) is 3.92. The number of carboxylic acid groups (broad SMARTS) is 1. The molecule has 1 amide bonds. The van der Waals surface area contributed by atoms with Gasteiger partial charge >= 0.3 is 12.1 Å². The molecule has 0 spiro atoms. The van der Waals surface area contributed by atoms with Crippen molar-refractivity contribution in [1.29, 1.82) is 0 Å². The van der Waals surface area contributed by atoms with Crippen LogP contribution < -0.4 is 5.73 Å². The molecule has 1 rings (SSSR count). The Balaban J connectivity index is 2.76. The van der Waals surface area contributed by atoms with Gasteiger partial charge in [-0.25, -0.2) is 0 Å². The van der Waals surface area contributed by atoms with E-state index in [1.54, 1.807) is 0 Å². The zero-order valence-corrected chi connectivity index (χ0v) is 11.8. The molecule has 1 fully saturated rings. The molecule has 0 aromatic heterocycles. The molecule has 0 saturated heterocycles. The predicted octanol–water partition coefficient (Wildman–Crippen LogP) is 1.76. The first-order chi connectivity index (χ1) is 9.67. The predicted molar refractivity (Wildman–Crippen MR) is 69.5 cm³/mol. The highest BCUT2D eigenvalue weighted by Crippen LogP contribution is 2.39. The maximum Gasteiger partial charge on any atom is 0.406 e. The molecule has 21 heavy (non-hydrogen) atoms. The molecule has 0 bridgehead atoms. The molecule has 1 aliphatic rings. The van der Waals surface area contributed by atoms with Crippen LogP contribution in [0.25, 0.3) is 0 Å². The van der Waals surface area contributed by atoms with Gasteiger partial charge in [-0.05, 0) is 24.8 Å². The number of amides is 1. The summed E-state index contributed by atoms with van der Waals surface area (Å²) in [7, 11) is 0. The highest BCUT2D eigenvalue weighted by atomic mass is 19.4. The molecule has 122 valence electrons. The monoisotopic (exact) mass is 310 g/mol. The van der Waals surface area contributed by atoms with Crippen LogP contribution in [-0.2, 0) is 9.59 Å². The van der Waals surface area contributed by atoms with E-state index < -0.39 is 36.6 Å². The number of hydrogen-bond donors (Lipinski definition) is 2. The van der Waals surface area contributed by atoms with E-state index in [0.717, 1.165) is 19.3 Å². The lowest BCUT2D eigenvalue weighted by molar-refractivity contribution is -0.167. The number of carbonyl (C=O) groups is 2. The van der Waals surface area contributed by atoms with Crippen LogP contribution in [0.1, 0.15) is 38.5 Å². The fourth-order valence-corrected chi connectivity index (χ4v) is 2.80. The smallest absolute Gasteiger partial charge is 0.406 e. The number of rotatable bonds is 6. The van der Waals surface area contributed by atoms with Crippen molar-refractivity contribution in [3.63, 3.8) is 0 Å². The molecule has 0 heterocycles. The van der Waals surface area contributed by atoms with Gasteiger partial charge < -0.3 is 15.7 Å². The summed E-state index contributed by atoms with van der Waals surface area (Å²) < 4.78 is 37.4. The Kier molecular flexibility index (Phi) is 6.00. The fourth-order valence-electron chi connectivity index (χ4n) is 2.80. The van der Waals surface area contributed by atoms with E-state index in [1.165, 1.54) is 0 Å². The van der Waals surface area contributed by atoms with Gasteiger partial charge in [0.25, 0.3) is 0 Å². The molecule has 0 aliphatic heterocycles. The van der Waals surface area contributed by atoms with Crippen LogP contribution in [0.4, 0.5) is 13.2 Å². The Morgan fingerprint density at radius 1 is 1.19 bits per heavy atom. The fraction of sp³-hybridized carbons (Fsp3) is 0.846. The second-order valence-electron chi connectivity index (χ2n) is 5.70. The van der Waals surface area contributed by atoms with Crippen molar-refractivity contribution in [3.8, 4) is 0 Å². The van der Waals surface area contributed by atoms with Crippen molar-refractivity contribution in [3.05, 3.63) is 0 Å². The van der Waals surface area contributed by atoms with Gasteiger partial charge in [0.15, 0.2) is 0 Å². The Hall–Kier alpha value is -1.31. The maximum absolute atomic E-state index is 12.5. The average molecular weight is 310 g/mol. The molecule has 1 aliphatic carbocycles. The summed E-state index contributed by atoms with van der Waals surface area (Å²) in [6.07, 6.45) is -0.534. The maximum atomic E-state index is 12.5. The van der Waals surface area contributed by atoms with Gasteiger partial charge in [0.1, 0.15) is 13.1 Å². The minimum atomic E-state index is -4.62. The summed E-state index contributed by atoms with van der Waals surface area (Å²) in [5.41, 5.74) is 5.22. The number of aliphatic carboxylic acids is 1. The molecule has 0 atom stereocenters. The van der Waals surface area contributed by atoms with Crippen LogP contribution in [0, 0.1) is 5.41 Å². The largest absolute Gasteiger partial charge is 0.480 e. The number of carbonyl (C=O) groups excluding carboxylic acids is 1. The molecule has 1 saturated carbocycles. The minimum absolute atomic E-state index is 0.118. The lowest BCUT2D eigenvalue weighted by Crippen LogP contribution is -2.45. The topological polar surface area (TPSA) is 83.6 Å². The number of alkyl halides is 3. The van der Waals surface area contributed by atoms with Crippen LogP contribution in [0.3, 0.4) is 0 Å². The van der Waals surface area contributed by atoms with E-state index in [2.05, 4.69) is 0 Å². The van der Waals surface area contributed by atoms with Crippen molar-refractivity contribution in [1.82, 2.24) is 4.90 Å².